The average Bonchev–Trinajstić information content (AvgIpc) is 2.41. The average molecular weight is 252 g/mol. The van der Waals surface area contributed by atoms with Crippen LogP contribution in [0.1, 0.15) is 12.5 Å². The molecule has 1 aliphatic heterocycles. The number of halogens is 1. The molecule has 1 saturated heterocycles. The van der Waals surface area contributed by atoms with Crippen LogP contribution in [0.4, 0.5) is 10.1 Å². The van der Waals surface area contributed by atoms with E-state index in [-0.39, 0.29) is 11.9 Å². The maximum Gasteiger partial charge on any atom is 0.149 e. The second-order valence-electron chi connectivity index (χ2n) is 4.70. The highest BCUT2D eigenvalue weighted by molar-refractivity contribution is 5.47. The third-order valence-corrected chi connectivity index (χ3v) is 3.38. The van der Waals surface area contributed by atoms with E-state index in [1.807, 2.05) is 6.07 Å². The van der Waals surface area contributed by atoms with E-state index in [1.54, 1.807) is 19.1 Å². The minimum atomic E-state index is -0.166. The summed E-state index contributed by atoms with van der Waals surface area (Å²) in [5.41, 5.74) is 1.23. The minimum absolute atomic E-state index is 0.138. The minimum Gasteiger partial charge on any atom is -0.380 e. The van der Waals surface area contributed by atoms with E-state index in [0.29, 0.717) is 17.8 Å². The number of morpholine rings is 1. The Balaban J connectivity index is 1.89. The molecule has 1 unspecified atom stereocenters. The maximum absolute atomic E-state index is 13.8. The second kappa shape index (κ2) is 6.16. The predicted octanol–water partition coefficient (Wildman–Crippen LogP) is 2.27. The van der Waals surface area contributed by atoms with Crippen LogP contribution in [0, 0.1) is 12.7 Å². The second-order valence-corrected chi connectivity index (χ2v) is 4.70. The molecule has 1 N–H and O–H groups in total. The van der Waals surface area contributed by atoms with Gasteiger partial charge >= 0.3 is 0 Å². The Labute approximate surface area is 108 Å². The summed E-state index contributed by atoms with van der Waals surface area (Å²) < 4.78 is 19.5. The number of benzene rings is 1. The van der Waals surface area contributed by atoms with E-state index in [2.05, 4.69) is 17.1 Å². The summed E-state index contributed by atoms with van der Waals surface area (Å²) in [6.45, 7) is 8.28. The molecule has 0 spiro atoms. The first-order valence-corrected chi connectivity index (χ1v) is 6.53. The third-order valence-electron chi connectivity index (χ3n) is 3.38. The van der Waals surface area contributed by atoms with Gasteiger partial charge in [-0.3, -0.25) is 4.90 Å². The van der Waals surface area contributed by atoms with Gasteiger partial charge in [-0.1, -0.05) is 19.1 Å². The molecule has 1 atom stereocenters. The van der Waals surface area contributed by atoms with Crippen LogP contribution in [0.2, 0.25) is 0 Å². The van der Waals surface area contributed by atoms with Gasteiger partial charge in [-0.05, 0) is 25.1 Å². The first-order valence-electron chi connectivity index (χ1n) is 6.53. The van der Waals surface area contributed by atoms with Gasteiger partial charge in [0.2, 0.25) is 0 Å². The van der Waals surface area contributed by atoms with Crippen LogP contribution in [0.3, 0.4) is 0 Å². The molecule has 0 aromatic heterocycles. The zero-order valence-electron chi connectivity index (χ0n) is 11.1. The molecule has 0 bridgehead atoms. The molecule has 0 amide bonds. The highest BCUT2D eigenvalue weighted by Gasteiger charge is 2.19. The Morgan fingerprint density at radius 2 is 2.33 bits per heavy atom. The number of anilines is 1. The molecule has 1 heterocycles. The van der Waals surface area contributed by atoms with Crippen LogP contribution in [-0.4, -0.2) is 43.8 Å². The predicted molar refractivity (Wildman–Crippen MR) is 71.5 cm³/mol. The van der Waals surface area contributed by atoms with Gasteiger partial charge in [-0.15, -0.1) is 0 Å². The number of ether oxygens (including phenoxy) is 1. The molecule has 3 nitrogen and oxygen atoms in total. The highest BCUT2D eigenvalue weighted by atomic mass is 19.1. The summed E-state index contributed by atoms with van der Waals surface area (Å²) in [4.78, 5) is 2.35. The lowest BCUT2D eigenvalue weighted by Crippen LogP contribution is -2.45. The van der Waals surface area contributed by atoms with E-state index >= 15 is 0 Å². The summed E-state index contributed by atoms with van der Waals surface area (Å²) in [7, 11) is 0. The molecule has 100 valence electrons. The smallest absolute Gasteiger partial charge is 0.149 e. The zero-order valence-corrected chi connectivity index (χ0v) is 11.1. The summed E-state index contributed by atoms with van der Waals surface area (Å²) in [6.07, 6.45) is 0.138. The molecule has 1 aliphatic rings. The first kappa shape index (κ1) is 13.3. The molecular weight excluding hydrogens is 231 g/mol. The normalized spacial score (nSPS) is 20.9. The third kappa shape index (κ3) is 3.21. The molecule has 1 aromatic carbocycles. The Kier molecular flexibility index (Phi) is 4.55. The zero-order chi connectivity index (χ0) is 13.0. The molecule has 18 heavy (non-hydrogen) atoms. The number of nitrogens with one attached hydrogen (secondary N) is 1. The quantitative estimate of drug-likeness (QED) is 0.889. The van der Waals surface area contributed by atoms with Crippen LogP contribution in [0.15, 0.2) is 18.2 Å². The van der Waals surface area contributed by atoms with Crippen molar-refractivity contribution in [1.29, 1.82) is 0 Å². The lowest BCUT2D eigenvalue weighted by Gasteiger charge is -2.32. The van der Waals surface area contributed by atoms with E-state index < -0.39 is 0 Å². The van der Waals surface area contributed by atoms with Gasteiger partial charge in [0.15, 0.2) is 0 Å². The fourth-order valence-electron chi connectivity index (χ4n) is 2.20. The molecule has 0 saturated carbocycles. The summed E-state index contributed by atoms with van der Waals surface area (Å²) in [5.74, 6) is -0.166. The number of rotatable bonds is 4. The van der Waals surface area contributed by atoms with E-state index in [4.69, 9.17) is 4.74 Å². The molecule has 0 radical (unpaired) electrons. The SMILES string of the molecule is CCN1CCOC(CNc2cccc(C)c2F)C1. The molecule has 1 fully saturated rings. The van der Waals surface area contributed by atoms with Crippen molar-refractivity contribution in [3.8, 4) is 0 Å². The van der Waals surface area contributed by atoms with Crippen LogP contribution in [0.25, 0.3) is 0 Å². The number of hydrogen-bond acceptors (Lipinski definition) is 3. The Morgan fingerprint density at radius 3 is 3.11 bits per heavy atom. The van der Waals surface area contributed by atoms with Gasteiger partial charge in [-0.25, -0.2) is 4.39 Å². The molecular formula is C14H21FN2O. The lowest BCUT2D eigenvalue weighted by atomic mass is 10.2. The largest absolute Gasteiger partial charge is 0.380 e. The summed E-state index contributed by atoms with van der Waals surface area (Å²) in [5, 5.41) is 3.14. The van der Waals surface area contributed by atoms with Crippen LogP contribution < -0.4 is 5.32 Å². The van der Waals surface area contributed by atoms with Gasteiger partial charge < -0.3 is 10.1 Å². The van der Waals surface area contributed by atoms with Crippen molar-refractivity contribution in [3.05, 3.63) is 29.6 Å². The van der Waals surface area contributed by atoms with Crippen LogP contribution in [-0.2, 0) is 4.74 Å². The standard InChI is InChI=1S/C14H21FN2O/c1-3-17-7-8-18-12(10-17)9-16-13-6-4-5-11(2)14(13)15/h4-6,12,16H,3,7-10H2,1-2H3. The summed E-state index contributed by atoms with van der Waals surface area (Å²) >= 11 is 0. The van der Waals surface area contributed by atoms with Crippen molar-refractivity contribution in [1.82, 2.24) is 4.90 Å². The van der Waals surface area contributed by atoms with Crippen molar-refractivity contribution in [3.63, 3.8) is 0 Å². The maximum atomic E-state index is 13.8. The Morgan fingerprint density at radius 1 is 1.50 bits per heavy atom. The number of likely N-dealkylation sites (N-methyl/N-ethyl adjacent to an activating group) is 1. The molecule has 0 aliphatic carbocycles. The van der Waals surface area contributed by atoms with Crippen molar-refractivity contribution < 1.29 is 9.13 Å². The molecule has 1 aromatic rings. The summed E-state index contributed by atoms with van der Waals surface area (Å²) in [6, 6.07) is 5.40. The van der Waals surface area contributed by atoms with Crippen molar-refractivity contribution in [2.24, 2.45) is 0 Å². The van der Waals surface area contributed by atoms with Gasteiger partial charge in [0.25, 0.3) is 0 Å². The van der Waals surface area contributed by atoms with Crippen molar-refractivity contribution in [2.45, 2.75) is 20.0 Å². The van der Waals surface area contributed by atoms with E-state index in [9.17, 15) is 4.39 Å². The number of aryl methyl sites for hydroxylation is 1. The van der Waals surface area contributed by atoms with Gasteiger partial charge in [0, 0.05) is 19.6 Å². The topological polar surface area (TPSA) is 24.5 Å². The Bertz CT molecular complexity index is 397. The van der Waals surface area contributed by atoms with Crippen LogP contribution in [0.5, 0.6) is 0 Å². The molecule has 2 rings (SSSR count). The molecule has 4 heteroatoms. The van der Waals surface area contributed by atoms with Crippen LogP contribution >= 0.6 is 0 Å². The monoisotopic (exact) mass is 252 g/mol. The van der Waals surface area contributed by atoms with E-state index in [0.717, 1.165) is 26.2 Å². The Hall–Kier alpha value is -1.13. The van der Waals surface area contributed by atoms with Gasteiger partial charge in [0.1, 0.15) is 5.82 Å². The van der Waals surface area contributed by atoms with Crippen molar-refractivity contribution in [2.75, 3.05) is 38.1 Å². The fourth-order valence-corrected chi connectivity index (χ4v) is 2.20. The lowest BCUT2D eigenvalue weighted by molar-refractivity contribution is -0.0192. The van der Waals surface area contributed by atoms with Gasteiger partial charge in [0.05, 0.1) is 18.4 Å². The van der Waals surface area contributed by atoms with Gasteiger partial charge in [-0.2, -0.15) is 0 Å². The highest BCUT2D eigenvalue weighted by Crippen LogP contribution is 2.17. The fraction of sp³-hybridized carbons (Fsp3) is 0.571. The van der Waals surface area contributed by atoms with Crippen molar-refractivity contribution >= 4 is 5.69 Å². The number of nitrogens with zero attached hydrogens (tertiary/aromatic N) is 1. The first-order chi connectivity index (χ1) is 8.70. The van der Waals surface area contributed by atoms with E-state index in [1.165, 1.54) is 0 Å². The number of hydrogen-bond donors (Lipinski definition) is 1.